The van der Waals surface area contributed by atoms with E-state index in [0.717, 1.165) is 29.1 Å². The summed E-state index contributed by atoms with van der Waals surface area (Å²) in [4.78, 5) is 28.7. The van der Waals surface area contributed by atoms with E-state index in [9.17, 15) is 9.59 Å². The number of anilines is 1. The Balaban J connectivity index is 1.54. The van der Waals surface area contributed by atoms with Gasteiger partial charge in [0.05, 0.1) is 24.3 Å². The van der Waals surface area contributed by atoms with E-state index < -0.39 is 0 Å². The highest BCUT2D eigenvalue weighted by molar-refractivity contribution is 7.13. The molecule has 0 aliphatic heterocycles. The van der Waals surface area contributed by atoms with Crippen LogP contribution in [-0.4, -0.2) is 23.5 Å². The molecule has 3 aromatic rings. The Labute approximate surface area is 168 Å². The molecule has 5 nitrogen and oxygen atoms in total. The van der Waals surface area contributed by atoms with E-state index in [1.807, 2.05) is 42.6 Å². The standard InChI is InChI=1S/C22H22N2O3S/c1-2-3-13-27-22(26)17-9-11-18(12-10-17)23-20(25)14-19-15-28-21(24-19)16-7-5-4-6-8-16/h4-12,15H,2-3,13-14H2,1H3,(H,23,25). The van der Waals surface area contributed by atoms with E-state index in [1.54, 1.807) is 24.3 Å². The zero-order chi connectivity index (χ0) is 19.8. The molecule has 0 radical (unpaired) electrons. The molecule has 0 atom stereocenters. The summed E-state index contributed by atoms with van der Waals surface area (Å²) in [6.07, 6.45) is 2.02. The molecule has 6 heteroatoms. The molecule has 144 valence electrons. The topological polar surface area (TPSA) is 68.3 Å². The molecule has 1 amide bonds. The van der Waals surface area contributed by atoms with Crippen molar-refractivity contribution in [1.82, 2.24) is 4.98 Å². The van der Waals surface area contributed by atoms with Crippen molar-refractivity contribution < 1.29 is 14.3 Å². The lowest BCUT2D eigenvalue weighted by atomic mass is 10.2. The van der Waals surface area contributed by atoms with Crippen LogP contribution in [0, 0.1) is 0 Å². The summed E-state index contributed by atoms with van der Waals surface area (Å²) >= 11 is 1.52. The van der Waals surface area contributed by atoms with Crippen LogP contribution in [0.2, 0.25) is 0 Å². The molecule has 0 spiro atoms. The van der Waals surface area contributed by atoms with Gasteiger partial charge in [-0.25, -0.2) is 9.78 Å². The van der Waals surface area contributed by atoms with Crippen LogP contribution < -0.4 is 5.32 Å². The zero-order valence-corrected chi connectivity index (χ0v) is 16.5. The molecular weight excluding hydrogens is 372 g/mol. The van der Waals surface area contributed by atoms with Gasteiger partial charge in [-0.3, -0.25) is 4.79 Å². The molecule has 0 bridgehead atoms. The number of hydrogen-bond donors (Lipinski definition) is 1. The summed E-state index contributed by atoms with van der Waals surface area (Å²) in [7, 11) is 0. The molecule has 2 aromatic carbocycles. The van der Waals surface area contributed by atoms with Crippen molar-refractivity contribution in [3.63, 3.8) is 0 Å². The Morgan fingerprint density at radius 2 is 1.82 bits per heavy atom. The van der Waals surface area contributed by atoms with Crippen molar-refractivity contribution in [3.05, 3.63) is 71.2 Å². The lowest BCUT2D eigenvalue weighted by Gasteiger charge is -2.06. The van der Waals surface area contributed by atoms with Gasteiger partial charge < -0.3 is 10.1 Å². The van der Waals surface area contributed by atoms with Gasteiger partial charge in [-0.15, -0.1) is 11.3 Å². The Kier molecular flexibility index (Phi) is 6.92. The second-order valence-electron chi connectivity index (χ2n) is 6.30. The summed E-state index contributed by atoms with van der Waals surface area (Å²) in [5.41, 5.74) is 2.88. The molecule has 0 aliphatic rings. The Bertz CT molecular complexity index is 920. The fraction of sp³-hybridized carbons (Fsp3) is 0.227. The number of unbranched alkanes of at least 4 members (excludes halogenated alkanes) is 1. The van der Waals surface area contributed by atoms with E-state index in [-0.39, 0.29) is 18.3 Å². The first-order valence-corrected chi connectivity index (χ1v) is 10.1. The summed E-state index contributed by atoms with van der Waals surface area (Å²) in [5.74, 6) is -0.495. The van der Waals surface area contributed by atoms with Gasteiger partial charge >= 0.3 is 5.97 Å². The smallest absolute Gasteiger partial charge is 0.338 e. The van der Waals surface area contributed by atoms with Gasteiger partial charge in [-0.1, -0.05) is 43.7 Å². The van der Waals surface area contributed by atoms with Crippen molar-refractivity contribution in [2.75, 3.05) is 11.9 Å². The third-order valence-corrected chi connectivity index (χ3v) is 4.99. The van der Waals surface area contributed by atoms with Crippen LogP contribution in [0.4, 0.5) is 5.69 Å². The predicted octanol–water partition coefficient (Wildman–Crippen LogP) is 4.95. The molecule has 0 saturated heterocycles. The number of carbonyl (C=O) groups is 2. The maximum absolute atomic E-state index is 12.3. The SMILES string of the molecule is CCCCOC(=O)c1ccc(NC(=O)Cc2csc(-c3ccccc3)n2)cc1. The maximum atomic E-state index is 12.3. The van der Waals surface area contributed by atoms with Crippen LogP contribution in [0.3, 0.4) is 0 Å². The molecule has 1 heterocycles. The first-order chi connectivity index (χ1) is 13.7. The lowest BCUT2D eigenvalue weighted by Crippen LogP contribution is -2.14. The van der Waals surface area contributed by atoms with E-state index in [0.29, 0.717) is 17.9 Å². The molecule has 1 aromatic heterocycles. The molecule has 0 fully saturated rings. The van der Waals surface area contributed by atoms with Crippen LogP contribution in [0.1, 0.15) is 35.8 Å². The molecule has 28 heavy (non-hydrogen) atoms. The molecule has 0 saturated carbocycles. The predicted molar refractivity (Wildman–Crippen MR) is 112 cm³/mol. The fourth-order valence-electron chi connectivity index (χ4n) is 2.55. The number of thiazole rings is 1. The number of rotatable bonds is 8. The number of amides is 1. The van der Waals surface area contributed by atoms with Crippen LogP contribution in [0.5, 0.6) is 0 Å². The number of nitrogens with zero attached hydrogens (tertiary/aromatic N) is 1. The summed E-state index contributed by atoms with van der Waals surface area (Å²) in [6.45, 7) is 2.46. The lowest BCUT2D eigenvalue weighted by molar-refractivity contribution is -0.115. The number of esters is 1. The van der Waals surface area contributed by atoms with E-state index >= 15 is 0 Å². The monoisotopic (exact) mass is 394 g/mol. The van der Waals surface area contributed by atoms with Gasteiger partial charge in [0.25, 0.3) is 0 Å². The molecule has 0 aliphatic carbocycles. The Hall–Kier alpha value is -2.99. The second-order valence-corrected chi connectivity index (χ2v) is 7.16. The highest BCUT2D eigenvalue weighted by Crippen LogP contribution is 2.23. The van der Waals surface area contributed by atoms with Gasteiger partial charge in [0.15, 0.2) is 0 Å². The minimum Gasteiger partial charge on any atom is -0.462 e. The quantitative estimate of drug-likeness (QED) is 0.434. The van der Waals surface area contributed by atoms with Crippen LogP contribution in [0.25, 0.3) is 10.6 Å². The number of hydrogen-bond acceptors (Lipinski definition) is 5. The van der Waals surface area contributed by atoms with Gasteiger partial charge in [0.1, 0.15) is 5.01 Å². The average Bonchev–Trinajstić information content (AvgIpc) is 3.17. The van der Waals surface area contributed by atoms with Gasteiger partial charge in [0, 0.05) is 16.6 Å². The first kappa shape index (κ1) is 19.8. The van der Waals surface area contributed by atoms with E-state index in [2.05, 4.69) is 10.3 Å². The van der Waals surface area contributed by atoms with E-state index in [4.69, 9.17) is 4.74 Å². The van der Waals surface area contributed by atoms with Crippen LogP contribution in [-0.2, 0) is 16.0 Å². The van der Waals surface area contributed by atoms with Gasteiger partial charge in [-0.05, 0) is 30.7 Å². The van der Waals surface area contributed by atoms with Crippen molar-refractivity contribution >= 4 is 28.9 Å². The minimum absolute atomic E-state index is 0.150. The van der Waals surface area contributed by atoms with E-state index in [1.165, 1.54) is 11.3 Å². The van der Waals surface area contributed by atoms with Crippen LogP contribution in [0.15, 0.2) is 60.0 Å². The summed E-state index contributed by atoms with van der Waals surface area (Å²) in [5, 5.41) is 5.63. The summed E-state index contributed by atoms with van der Waals surface area (Å²) < 4.78 is 5.17. The number of carbonyl (C=O) groups excluding carboxylic acids is 2. The highest BCUT2D eigenvalue weighted by atomic mass is 32.1. The number of nitrogens with one attached hydrogen (secondary N) is 1. The third kappa shape index (κ3) is 5.50. The Morgan fingerprint density at radius 1 is 1.07 bits per heavy atom. The third-order valence-electron chi connectivity index (χ3n) is 4.05. The van der Waals surface area contributed by atoms with Crippen molar-refractivity contribution in [2.24, 2.45) is 0 Å². The summed E-state index contributed by atoms with van der Waals surface area (Å²) in [6, 6.07) is 16.6. The zero-order valence-electron chi connectivity index (χ0n) is 15.7. The first-order valence-electron chi connectivity index (χ1n) is 9.22. The van der Waals surface area contributed by atoms with Crippen LogP contribution >= 0.6 is 11.3 Å². The molecule has 3 rings (SSSR count). The van der Waals surface area contributed by atoms with Crippen molar-refractivity contribution in [2.45, 2.75) is 26.2 Å². The normalized spacial score (nSPS) is 10.5. The molecule has 1 N–H and O–H groups in total. The highest BCUT2D eigenvalue weighted by Gasteiger charge is 2.11. The van der Waals surface area contributed by atoms with Crippen molar-refractivity contribution in [3.8, 4) is 10.6 Å². The Morgan fingerprint density at radius 3 is 2.54 bits per heavy atom. The number of aromatic nitrogens is 1. The average molecular weight is 394 g/mol. The van der Waals surface area contributed by atoms with Gasteiger partial charge in [-0.2, -0.15) is 0 Å². The molecular formula is C22H22N2O3S. The fourth-order valence-corrected chi connectivity index (χ4v) is 3.38. The maximum Gasteiger partial charge on any atom is 0.338 e. The largest absolute Gasteiger partial charge is 0.462 e. The molecule has 0 unspecified atom stereocenters. The minimum atomic E-state index is -0.345. The number of ether oxygens (including phenoxy) is 1. The second kappa shape index (κ2) is 9.80. The van der Waals surface area contributed by atoms with Gasteiger partial charge in [0.2, 0.25) is 5.91 Å². The number of benzene rings is 2. The van der Waals surface area contributed by atoms with Crippen molar-refractivity contribution in [1.29, 1.82) is 0 Å².